The van der Waals surface area contributed by atoms with Crippen LogP contribution >= 0.6 is 0 Å². The van der Waals surface area contributed by atoms with E-state index in [1.165, 1.54) is 0 Å². The van der Waals surface area contributed by atoms with E-state index in [-0.39, 0.29) is 6.61 Å². The Bertz CT molecular complexity index is 1140. The molecule has 6 heteroatoms. The van der Waals surface area contributed by atoms with Crippen molar-refractivity contribution in [3.05, 3.63) is 78.6 Å². The van der Waals surface area contributed by atoms with E-state index in [0.717, 1.165) is 27.7 Å². The molecule has 0 saturated heterocycles. The first-order chi connectivity index (χ1) is 13.6. The van der Waals surface area contributed by atoms with Crippen LogP contribution in [0.3, 0.4) is 0 Å². The van der Waals surface area contributed by atoms with Crippen LogP contribution in [-0.2, 0) is 18.4 Å². The molecule has 3 N–H and O–H groups in total. The second kappa shape index (κ2) is 7.44. The molecular formula is C22H20N4O2. The van der Waals surface area contributed by atoms with Crippen LogP contribution < -0.4 is 11.1 Å². The van der Waals surface area contributed by atoms with Gasteiger partial charge in [-0.05, 0) is 17.7 Å². The highest BCUT2D eigenvalue weighted by Crippen LogP contribution is 2.33. The van der Waals surface area contributed by atoms with Crippen LogP contribution in [0.5, 0.6) is 0 Å². The van der Waals surface area contributed by atoms with Crippen LogP contribution in [0, 0.1) is 0 Å². The molecule has 0 aliphatic heterocycles. The number of amides is 1. The Balaban J connectivity index is 1.58. The van der Waals surface area contributed by atoms with Crippen LogP contribution in [0.25, 0.3) is 22.2 Å². The highest BCUT2D eigenvalue weighted by atomic mass is 16.5. The van der Waals surface area contributed by atoms with E-state index >= 15 is 0 Å². The van der Waals surface area contributed by atoms with Crippen LogP contribution in [0.4, 0.5) is 16.2 Å². The van der Waals surface area contributed by atoms with Crippen molar-refractivity contribution in [1.82, 2.24) is 9.55 Å². The van der Waals surface area contributed by atoms with E-state index in [4.69, 9.17) is 10.5 Å². The van der Waals surface area contributed by atoms with Crippen molar-refractivity contribution in [2.24, 2.45) is 7.05 Å². The Kier molecular flexibility index (Phi) is 4.68. The molecule has 1 amide bonds. The third kappa shape index (κ3) is 3.53. The smallest absolute Gasteiger partial charge is 0.412 e. The monoisotopic (exact) mass is 372 g/mol. The van der Waals surface area contributed by atoms with E-state index in [0.29, 0.717) is 11.4 Å². The first-order valence-corrected chi connectivity index (χ1v) is 8.89. The van der Waals surface area contributed by atoms with Gasteiger partial charge in [0.05, 0.1) is 11.9 Å². The molecule has 0 unspecified atom stereocenters. The molecule has 2 aromatic carbocycles. The summed E-state index contributed by atoms with van der Waals surface area (Å²) in [5.41, 5.74) is 11.0. The predicted octanol–water partition coefficient (Wildman–Crippen LogP) is 4.57. The lowest BCUT2D eigenvalue weighted by atomic mass is 10.0. The minimum atomic E-state index is -0.526. The normalized spacial score (nSPS) is 10.8. The van der Waals surface area contributed by atoms with Gasteiger partial charge in [0.1, 0.15) is 12.3 Å². The number of pyridine rings is 1. The highest BCUT2D eigenvalue weighted by molar-refractivity contribution is 5.99. The zero-order valence-electron chi connectivity index (χ0n) is 15.4. The summed E-state index contributed by atoms with van der Waals surface area (Å²) in [4.78, 5) is 16.6. The van der Waals surface area contributed by atoms with Crippen molar-refractivity contribution in [3.63, 3.8) is 0 Å². The van der Waals surface area contributed by atoms with Crippen molar-refractivity contribution >= 4 is 28.5 Å². The Morgan fingerprint density at radius 3 is 2.64 bits per heavy atom. The molecule has 0 bridgehead atoms. The molecule has 2 aromatic heterocycles. The van der Waals surface area contributed by atoms with Crippen LogP contribution in [0.15, 0.2) is 73.1 Å². The molecule has 0 saturated carbocycles. The molecule has 6 nitrogen and oxygen atoms in total. The van der Waals surface area contributed by atoms with E-state index in [9.17, 15) is 4.79 Å². The number of carbonyl (C=O) groups excluding carboxylic acids is 1. The summed E-state index contributed by atoms with van der Waals surface area (Å²) in [6, 6.07) is 19.1. The molecule has 4 rings (SSSR count). The van der Waals surface area contributed by atoms with Gasteiger partial charge in [-0.15, -0.1) is 0 Å². The first kappa shape index (κ1) is 17.6. The van der Waals surface area contributed by atoms with Crippen molar-refractivity contribution in [1.29, 1.82) is 0 Å². The fourth-order valence-corrected chi connectivity index (χ4v) is 3.16. The third-order valence-corrected chi connectivity index (χ3v) is 4.52. The van der Waals surface area contributed by atoms with Crippen molar-refractivity contribution in [2.75, 3.05) is 11.1 Å². The highest BCUT2D eigenvalue weighted by Gasteiger charge is 2.13. The van der Waals surface area contributed by atoms with Gasteiger partial charge in [0.25, 0.3) is 0 Å². The van der Waals surface area contributed by atoms with Crippen LogP contribution in [0.2, 0.25) is 0 Å². The standard InChI is InChI=1S/C22H20N4O2/c1-26-13-19(17-9-5-6-10-20(17)23)18-11-16(12-24-21(18)26)25-22(27)28-14-15-7-3-2-4-8-15/h2-13H,14,23H2,1H3,(H,25,27). The molecule has 0 atom stereocenters. The number of para-hydroxylation sites is 1. The Morgan fingerprint density at radius 2 is 1.86 bits per heavy atom. The number of nitrogens with two attached hydrogens (primary N) is 1. The second-order valence-corrected chi connectivity index (χ2v) is 6.52. The number of anilines is 2. The second-order valence-electron chi connectivity index (χ2n) is 6.52. The SMILES string of the molecule is Cn1cc(-c2ccccc2N)c2cc(NC(=O)OCc3ccccc3)cnc21. The summed E-state index contributed by atoms with van der Waals surface area (Å²) in [6.45, 7) is 0.208. The van der Waals surface area contributed by atoms with E-state index in [1.54, 1.807) is 6.20 Å². The average molecular weight is 372 g/mol. The lowest BCUT2D eigenvalue weighted by molar-refractivity contribution is 0.155. The first-order valence-electron chi connectivity index (χ1n) is 8.89. The minimum absolute atomic E-state index is 0.208. The molecule has 140 valence electrons. The molecule has 4 aromatic rings. The predicted molar refractivity (Wildman–Crippen MR) is 111 cm³/mol. The quantitative estimate of drug-likeness (QED) is 0.514. The van der Waals surface area contributed by atoms with Gasteiger partial charge in [0.2, 0.25) is 0 Å². The molecule has 0 fully saturated rings. The van der Waals surface area contributed by atoms with E-state index < -0.39 is 6.09 Å². The number of aromatic nitrogens is 2. The summed E-state index contributed by atoms with van der Waals surface area (Å²) in [5, 5.41) is 3.65. The molecule has 0 spiro atoms. The van der Waals surface area contributed by atoms with Gasteiger partial charge < -0.3 is 15.0 Å². The number of aryl methyl sites for hydroxylation is 1. The van der Waals surface area contributed by atoms with E-state index in [1.807, 2.05) is 78.5 Å². The zero-order valence-corrected chi connectivity index (χ0v) is 15.4. The number of nitrogens with zero attached hydrogens (tertiary/aromatic N) is 2. The molecule has 28 heavy (non-hydrogen) atoms. The maximum absolute atomic E-state index is 12.1. The number of benzene rings is 2. The van der Waals surface area contributed by atoms with Crippen molar-refractivity contribution in [2.45, 2.75) is 6.61 Å². The summed E-state index contributed by atoms with van der Waals surface area (Å²) < 4.78 is 7.22. The zero-order chi connectivity index (χ0) is 19.5. The summed E-state index contributed by atoms with van der Waals surface area (Å²) in [6.07, 6.45) is 3.08. The minimum Gasteiger partial charge on any atom is -0.444 e. The van der Waals surface area contributed by atoms with E-state index in [2.05, 4.69) is 10.3 Å². The number of hydrogen-bond acceptors (Lipinski definition) is 4. The van der Waals surface area contributed by atoms with Crippen molar-refractivity contribution in [3.8, 4) is 11.1 Å². The third-order valence-electron chi connectivity index (χ3n) is 4.52. The maximum atomic E-state index is 12.1. The molecule has 2 heterocycles. The Labute approximate surface area is 162 Å². The Hall–Kier alpha value is -3.80. The lowest BCUT2D eigenvalue weighted by Crippen LogP contribution is -2.13. The number of nitrogen functional groups attached to an aromatic ring is 1. The number of rotatable bonds is 4. The average Bonchev–Trinajstić information content (AvgIpc) is 3.03. The number of nitrogens with one attached hydrogen (secondary N) is 1. The number of fused-ring (bicyclic) bond motifs is 1. The van der Waals surface area contributed by atoms with Gasteiger partial charge in [-0.1, -0.05) is 48.5 Å². The number of ether oxygens (including phenoxy) is 1. The fourth-order valence-electron chi connectivity index (χ4n) is 3.16. The molecule has 0 radical (unpaired) electrons. The lowest BCUT2D eigenvalue weighted by Gasteiger charge is -2.08. The van der Waals surface area contributed by atoms with Gasteiger partial charge in [0, 0.05) is 35.4 Å². The Morgan fingerprint density at radius 1 is 1.11 bits per heavy atom. The largest absolute Gasteiger partial charge is 0.444 e. The molecule has 0 aliphatic rings. The van der Waals surface area contributed by atoms with Gasteiger partial charge >= 0.3 is 6.09 Å². The van der Waals surface area contributed by atoms with Crippen LogP contribution in [-0.4, -0.2) is 15.6 Å². The number of hydrogen-bond donors (Lipinski definition) is 2. The van der Waals surface area contributed by atoms with Gasteiger partial charge in [0.15, 0.2) is 0 Å². The molecule has 0 aliphatic carbocycles. The fraction of sp³-hybridized carbons (Fsp3) is 0.0909. The summed E-state index contributed by atoms with van der Waals surface area (Å²) >= 11 is 0. The van der Waals surface area contributed by atoms with Crippen molar-refractivity contribution < 1.29 is 9.53 Å². The van der Waals surface area contributed by atoms with Gasteiger partial charge in [-0.25, -0.2) is 9.78 Å². The number of carbonyl (C=O) groups is 1. The molecular weight excluding hydrogens is 352 g/mol. The van der Waals surface area contributed by atoms with Gasteiger partial charge in [-0.2, -0.15) is 0 Å². The topological polar surface area (TPSA) is 82.2 Å². The maximum Gasteiger partial charge on any atom is 0.412 e. The van der Waals surface area contributed by atoms with Crippen LogP contribution in [0.1, 0.15) is 5.56 Å². The van der Waals surface area contributed by atoms with Gasteiger partial charge in [-0.3, -0.25) is 5.32 Å². The summed E-state index contributed by atoms with van der Waals surface area (Å²) in [5.74, 6) is 0. The summed E-state index contributed by atoms with van der Waals surface area (Å²) in [7, 11) is 1.93.